The number of phenolic OH excluding ortho intramolecular Hbond substituents is 1. The van der Waals surface area contributed by atoms with E-state index in [1.54, 1.807) is 13.0 Å². The van der Waals surface area contributed by atoms with Gasteiger partial charge in [0.1, 0.15) is 11.6 Å². The molecule has 0 aliphatic carbocycles. The van der Waals surface area contributed by atoms with Crippen LogP contribution in [-0.2, 0) is 24.8 Å². The van der Waals surface area contributed by atoms with Gasteiger partial charge in [0.15, 0.2) is 0 Å². The highest BCUT2D eigenvalue weighted by atomic mass is 19.1. The van der Waals surface area contributed by atoms with E-state index in [0.29, 0.717) is 12.0 Å². The minimum Gasteiger partial charge on any atom is -0.508 e. The maximum absolute atomic E-state index is 13.5. The molecule has 2 aromatic rings. The number of aromatic hydroxyl groups is 1. The molecule has 1 fully saturated rings. The van der Waals surface area contributed by atoms with Gasteiger partial charge in [-0.15, -0.1) is 0 Å². The van der Waals surface area contributed by atoms with Gasteiger partial charge in [0.25, 0.3) is 5.79 Å². The van der Waals surface area contributed by atoms with E-state index < -0.39 is 30.0 Å². The molecule has 1 aliphatic rings. The van der Waals surface area contributed by atoms with E-state index in [4.69, 9.17) is 9.47 Å². The lowest BCUT2D eigenvalue weighted by Gasteiger charge is -2.38. The van der Waals surface area contributed by atoms with E-state index in [-0.39, 0.29) is 30.0 Å². The Labute approximate surface area is 173 Å². The first-order valence-electron chi connectivity index (χ1n) is 9.68. The highest BCUT2D eigenvalue weighted by molar-refractivity contribution is 5.78. The molecule has 1 aliphatic heterocycles. The van der Waals surface area contributed by atoms with Gasteiger partial charge in [-0.2, -0.15) is 0 Å². The summed E-state index contributed by atoms with van der Waals surface area (Å²) in [6, 6.07) is 9.38. The summed E-state index contributed by atoms with van der Waals surface area (Å²) in [6.07, 6.45) is -1.41. The molecule has 160 valence electrons. The number of rotatable bonds is 5. The number of cyclic esters (lactones) is 2. The number of aryl methyl sites for hydroxylation is 1. The van der Waals surface area contributed by atoms with Crippen LogP contribution in [0.1, 0.15) is 48.9 Å². The molecule has 0 amide bonds. The number of hydrogen-bond acceptors (Lipinski definition) is 7. The molecule has 30 heavy (non-hydrogen) atoms. The molecule has 0 saturated carbocycles. The number of esters is 2. The van der Waals surface area contributed by atoms with Crippen LogP contribution in [-0.4, -0.2) is 28.4 Å². The molecule has 3 unspecified atom stereocenters. The average Bonchev–Trinajstić information content (AvgIpc) is 2.69. The maximum atomic E-state index is 13.5. The van der Waals surface area contributed by atoms with Crippen molar-refractivity contribution < 1.29 is 33.7 Å². The van der Waals surface area contributed by atoms with E-state index in [1.165, 1.54) is 36.4 Å². The first-order valence-corrected chi connectivity index (χ1v) is 9.68. The zero-order valence-corrected chi connectivity index (χ0v) is 16.7. The number of halogens is 1. The fraction of sp³-hybridized carbons (Fsp3) is 0.364. The number of nitrogens with one attached hydrogen (secondary N) is 1. The molecule has 0 bridgehead atoms. The second kappa shape index (κ2) is 8.81. The Morgan fingerprint density at radius 1 is 1.20 bits per heavy atom. The van der Waals surface area contributed by atoms with E-state index in [0.717, 1.165) is 5.56 Å². The number of hydrogen-bond donors (Lipinski definition) is 3. The molecule has 0 aromatic heterocycles. The van der Waals surface area contributed by atoms with Gasteiger partial charge in [0.05, 0.1) is 12.8 Å². The maximum Gasteiger partial charge on any atom is 0.309 e. The summed E-state index contributed by atoms with van der Waals surface area (Å²) in [5.74, 6) is -4.39. The van der Waals surface area contributed by atoms with E-state index in [1.807, 2.05) is 6.92 Å². The lowest BCUT2D eigenvalue weighted by atomic mass is 9.97. The van der Waals surface area contributed by atoms with Gasteiger partial charge in [-0.25, -0.2) is 4.39 Å². The Kier molecular flexibility index (Phi) is 6.38. The Hall–Kier alpha value is -2.97. The number of benzene rings is 2. The molecule has 7 nitrogen and oxygen atoms in total. The fourth-order valence-electron chi connectivity index (χ4n) is 3.48. The summed E-state index contributed by atoms with van der Waals surface area (Å²) in [7, 11) is 0. The molecule has 1 heterocycles. The highest BCUT2D eigenvalue weighted by Crippen LogP contribution is 2.34. The van der Waals surface area contributed by atoms with Crippen molar-refractivity contribution in [3.05, 3.63) is 65.0 Å². The summed E-state index contributed by atoms with van der Waals surface area (Å²) in [5, 5.41) is 24.2. The predicted molar refractivity (Wildman–Crippen MR) is 105 cm³/mol. The van der Waals surface area contributed by atoms with Crippen LogP contribution in [0, 0.1) is 12.7 Å². The third kappa shape index (κ3) is 4.60. The smallest absolute Gasteiger partial charge is 0.309 e. The molecule has 3 N–H and O–H groups in total. The lowest BCUT2D eigenvalue weighted by molar-refractivity contribution is -0.273. The van der Waals surface area contributed by atoms with Crippen LogP contribution in [0.4, 0.5) is 4.39 Å². The SMILES string of the molecule is CCC(NC1OC(=O)CCC(=O)OC1(O)c1cccc(O)c1)c1ccc(F)cc1C. The number of carbonyl (C=O) groups is 2. The standard InChI is InChI=1S/C22H24FNO6/c1-3-18(17-8-7-15(23)11-13(17)2)24-21-22(28,14-5-4-6-16(25)12-14)30-20(27)10-9-19(26)29-21/h4-8,11-12,18,21,24-25,28H,3,9-10H2,1-2H3. The second-order valence-corrected chi connectivity index (χ2v) is 7.22. The molecule has 2 aromatic carbocycles. The number of ether oxygens (including phenoxy) is 2. The van der Waals surface area contributed by atoms with Crippen molar-refractivity contribution >= 4 is 11.9 Å². The Balaban J connectivity index is 2.03. The number of aliphatic hydroxyl groups is 1. The van der Waals surface area contributed by atoms with Crippen LogP contribution in [0.5, 0.6) is 5.75 Å². The minimum atomic E-state index is -2.38. The Morgan fingerprint density at radius 3 is 2.60 bits per heavy atom. The van der Waals surface area contributed by atoms with Crippen molar-refractivity contribution in [2.75, 3.05) is 0 Å². The second-order valence-electron chi connectivity index (χ2n) is 7.22. The van der Waals surface area contributed by atoms with Crippen LogP contribution in [0.25, 0.3) is 0 Å². The van der Waals surface area contributed by atoms with Gasteiger partial charge in [0.2, 0.25) is 6.23 Å². The third-order valence-electron chi connectivity index (χ3n) is 5.04. The summed E-state index contributed by atoms with van der Waals surface area (Å²) >= 11 is 0. The largest absolute Gasteiger partial charge is 0.508 e. The summed E-state index contributed by atoms with van der Waals surface area (Å²) in [4.78, 5) is 24.4. The monoisotopic (exact) mass is 417 g/mol. The lowest BCUT2D eigenvalue weighted by Crippen LogP contribution is -2.55. The molecule has 1 saturated heterocycles. The third-order valence-corrected chi connectivity index (χ3v) is 5.04. The topological polar surface area (TPSA) is 105 Å². The van der Waals surface area contributed by atoms with Crippen molar-refractivity contribution in [1.29, 1.82) is 0 Å². The van der Waals surface area contributed by atoms with Crippen molar-refractivity contribution in [3.8, 4) is 5.75 Å². The molecule has 0 radical (unpaired) electrons. The predicted octanol–water partition coefficient (Wildman–Crippen LogP) is 2.93. The van der Waals surface area contributed by atoms with Gasteiger partial charge >= 0.3 is 11.9 Å². The summed E-state index contributed by atoms with van der Waals surface area (Å²) in [5.41, 5.74) is 1.44. The zero-order chi connectivity index (χ0) is 21.9. The molecule has 8 heteroatoms. The molecular weight excluding hydrogens is 393 g/mol. The van der Waals surface area contributed by atoms with Gasteiger partial charge in [0, 0.05) is 11.6 Å². The van der Waals surface area contributed by atoms with E-state index in [9.17, 15) is 24.2 Å². The van der Waals surface area contributed by atoms with E-state index in [2.05, 4.69) is 5.32 Å². The first kappa shape index (κ1) is 21.7. The van der Waals surface area contributed by atoms with Crippen LogP contribution in [0.3, 0.4) is 0 Å². The summed E-state index contributed by atoms with van der Waals surface area (Å²) in [6.45, 7) is 3.61. The molecule has 3 atom stereocenters. The Morgan fingerprint density at radius 2 is 1.93 bits per heavy atom. The molecule has 0 spiro atoms. The van der Waals surface area contributed by atoms with Crippen molar-refractivity contribution in [2.45, 2.75) is 51.2 Å². The first-order chi connectivity index (χ1) is 14.2. The van der Waals surface area contributed by atoms with Gasteiger partial charge in [-0.3, -0.25) is 14.9 Å². The van der Waals surface area contributed by atoms with Crippen molar-refractivity contribution in [2.24, 2.45) is 0 Å². The van der Waals surface area contributed by atoms with Crippen LogP contribution >= 0.6 is 0 Å². The van der Waals surface area contributed by atoms with Crippen molar-refractivity contribution in [3.63, 3.8) is 0 Å². The zero-order valence-electron chi connectivity index (χ0n) is 16.7. The number of carbonyl (C=O) groups excluding carboxylic acids is 2. The van der Waals surface area contributed by atoms with Crippen molar-refractivity contribution in [1.82, 2.24) is 5.32 Å². The molecular formula is C22H24FNO6. The van der Waals surface area contributed by atoms with Crippen LogP contribution in [0.15, 0.2) is 42.5 Å². The Bertz CT molecular complexity index is 949. The van der Waals surface area contributed by atoms with Gasteiger partial charge in [-0.1, -0.05) is 25.1 Å². The van der Waals surface area contributed by atoms with Crippen LogP contribution in [0.2, 0.25) is 0 Å². The average molecular weight is 417 g/mol. The minimum absolute atomic E-state index is 0.0359. The summed E-state index contributed by atoms with van der Waals surface area (Å²) < 4.78 is 24.3. The van der Waals surface area contributed by atoms with Gasteiger partial charge < -0.3 is 19.7 Å². The highest BCUT2D eigenvalue weighted by Gasteiger charge is 2.48. The quantitative estimate of drug-likeness (QED) is 0.643. The number of phenols is 1. The van der Waals surface area contributed by atoms with E-state index >= 15 is 0 Å². The van der Waals surface area contributed by atoms with Gasteiger partial charge in [-0.05, 0) is 48.7 Å². The fourth-order valence-corrected chi connectivity index (χ4v) is 3.48. The normalized spacial score (nSPS) is 23.1. The van der Waals surface area contributed by atoms with Crippen LogP contribution < -0.4 is 5.32 Å². The molecule has 3 rings (SSSR count).